The Labute approximate surface area is 111 Å². The van der Waals surface area contributed by atoms with E-state index in [1.807, 2.05) is 36.4 Å². The Morgan fingerprint density at radius 3 is 2.53 bits per heavy atom. The monoisotopic (exact) mass is 247 g/mol. The molecule has 0 aliphatic carbocycles. The number of carbonyl (C=O) groups excluding carboxylic acids is 1. The third kappa shape index (κ3) is 2.02. The summed E-state index contributed by atoms with van der Waals surface area (Å²) in [5, 5.41) is 4.64. The van der Waals surface area contributed by atoms with Gasteiger partial charge in [0.2, 0.25) is 0 Å². The van der Waals surface area contributed by atoms with E-state index in [1.54, 1.807) is 6.92 Å². The highest BCUT2D eigenvalue weighted by Crippen LogP contribution is 2.26. The first-order chi connectivity index (χ1) is 9.29. The predicted octanol–water partition coefficient (Wildman–Crippen LogP) is 4.22. The average Bonchev–Trinajstić information content (AvgIpc) is 2.46. The Kier molecular flexibility index (Phi) is 2.84. The minimum atomic E-state index is -0.197. The van der Waals surface area contributed by atoms with Crippen LogP contribution in [0.5, 0.6) is 0 Å². The highest BCUT2D eigenvalue weighted by Gasteiger charge is 2.05. The largest absolute Gasteiger partial charge is 0.276 e. The average molecular weight is 247 g/mol. The number of aliphatic imine (C=N–C) groups is 1. The fourth-order valence-electron chi connectivity index (χ4n) is 2.34. The maximum Gasteiger partial charge on any atom is 0.276 e. The van der Waals surface area contributed by atoms with Crippen LogP contribution in [0.4, 0.5) is 0 Å². The van der Waals surface area contributed by atoms with Crippen LogP contribution in [0.1, 0.15) is 17.3 Å². The molecule has 0 aromatic heterocycles. The Morgan fingerprint density at radius 1 is 0.947 bits per heavy atom. The molecule has 0 bridgehead atoms. The number of carbonyl (C=O) groups is 1. The maximum absolute atomic E-state index is 11.8. The molecule has 3 aromatic carbocycles. The van der Waals surface area contributed by atoms with Crippen molar-refractivity contribution >= 4 is 33.7 Å². The lowest BCUT2D eigenvalue weighted by atomic mass is 10.00. The van der Waals surface area contributed by atoms with E-state index in [0.717, 1.165) is 10.8 Å². The Balaban J connectivity index is 2.25. The first-order valence-corrected chi connectivity index (χ1v) is 6.24. The van der Waals surface area contributed by atoms with Gasteiger partial charge in [-0.05, 0) is 40.6 Å². The van der Waals surface area contributed by atoms with Crippen LogP contribution >= 0.6 is 0 Å². The third-order valence-corrected chi connectivity index (χ3v) is 3.24. The van der Waals surface area contributed by atoms with Crippen molar-refractivity contribution in [1.29, 1.82) is 0 Å². The molecular weight excluding hydrogens is 234 g/mol. The second-order valence-electron chi connectivity index (χ2n) is 4.42. The van der Waals surface area contributed by atoms with Gasteiger partial charge in [0, 0.05) is 11.8 Å². The summed E-state index contributed by atoms with van der Waals surface area (Å²) in [5.41, 5.74) is 0.626. The van der Waals surface area contributed by atoms with Gasteiger partial charge in [-0.1, -0.05) is 42.5 Å². The smallest absolute Gasteiger partial charge is 0.267 e. The van der Waals surface area contributed by atoms with Crippen LogP contribution in [0, 0.1) is 0 Å². The van der Waals surface area contributed by atoms with Gasteiger partial charge >= 0.3 is 0 Å². The first kappa shape index (κ1) is 11.6. The lowest BCUT2D eigenvalue weighted by Crippen LogP contribution is -1.94. The standard InChI is InChI=1S/C17H13NO/c1-2-18-17(19)14-9-10-16-13(11-14)8-7-12-5-3-4-6-15(12)16/h2-11H,1H3. The Morgan fingerprint density at radius 2 is 1.68 bits per heavy atom. The number of rotatable bonds is 1. The first-order valence-electron chi connectivity index (χ1n) is 6.24. The van der Waals surface area contributed by atoms with Crippen LogP contribution in [0.2, 0.25) is 0 Å². The van der Waals surface area contributed by atoms with E-state index in [9.17, 15) is 4.79 Å². The zero-order valence-electron chi connectivity index (χ0n) is 10.6. The number of hydrogen-bond donors (Lipinski definition) is 0. The fourth-order valence-corrected chi connectivity index (χ4v) is 2.34. The Bertz CT molecular complexity index is 803. The Hall–Kier alpha value is -2.48. The summed E-state index contributed by atoms with van der Waals surface area (Å²) < 4.78 is 0. The number of hydrogen-bond acceptors (Lipinski definition) is 1. The van der Waals surface area contributed by atoms with E-state index in [0.29, 0.717) is 5.56 Å². The number of benzene rings is 3. The highest BCUT2D eigenvalue weighted by molar-refractivity contribution is 6.10. The summed E-state index contributed by atoms with van der Waals surface area (Å²) in [6.07, 6.45) is 1.52. The molecule has 2 nitrogen and oxygen atoms in total. The van der Waals surface area contributed by atoms with Crippen LogP contribution in [-0.2, 0) is 0 Å². The van der Waals surface area contributed by atoms with Gasteiger partial charge in [0.25, 0.3) is 5.91 Å². The molecule has 1 amide bonds. The topological polar surface area (TPSA) is 29.4 Å². The molecular formula is C17H13NO. The molecule has 0 aliphatic rings. The molecule has 92 valence electrons. The molecule has 3 rings (SSSR count). The van der Waals surface area contributed by atoms with E-state index in [-0.39, 0.29) is 5.91 Å². The summed E-state index contributed by atoms with van der Waals surface area (Å²) in [7, 11) is 0. The van der Waals surface area contributed by atoms with E-state index in [4.69, 9.17) is 0 Å². The zero-order chi connectivity index (χ0) is 13.2. The van der Waals surface area contributed by atoms with E-state index >= 15 is 0 Å². The molecule has 0 aliphatic heterocycles. The van der Waals surface area contributed by atoms with E-state index in [2.05, 4.69) is 23.2 Å². The summed E-state index contributed by atoms with van der Waals surface area (Å²) in [4.78, 5) is 15.6. The third-order valence-electron chi connectivity index (χ3n) is 3.24. The van der Waals surface area contributed by atoms with E-state index in [1.165, 1.54) is 17.0 Å². The molecule has 0 atom stereocenters. The molecule has 0 heterocycles. The fraction of sp³-hybridized carbons (Fsp3) is 0.0588. The molecule has 0 unspecified atom stereocenters. The van der Waals surface area contributed by atoms with Gasteiger partial charge in [0.15, 0.2) is 0 Å². The molecule has 19 heavy (non-hydrogen) atoms. The summed E-state index contributed by atoms with van der Waals surface area (Å²) in [6.45, 7) is 1.74. The van der Waals surface area contributed by atoms with Crippen molar-refractivity contribution in [2.75, 3.05) is 0 Å². The lowest BCUT2D eigenvalue weighted by molar-refractivity contribution is 0.100. The summed E-state index contributed by atoms with van der Waals surface area (Å²) in [6, 6.07) is 18.1. The molecule has 0 saturated heterocycles. The van der Waals surface area contributed by atoms with Gasteiger partial charge in [0.1, 0.15) is 0 Å². The number of amides is 1. The quantitative estimate of drug-likeness (QED) is 0.467. The van der Waals surface area contributed by atoms with Crippen LogP contribution in [0.25, 0.3) is 21.5 Å². The van der Waals surface area contributed by atoms with Gasteiger partial charge in [-0.15, -0.1) is 0 Å². The normalized spacial score (nSPS) is 11.4. The number of nitrogens with zero attached hydrogens (tertiary/aromatic N) is 1. The molecule has 0 saturated carbocycles. The van der Waals surface area contributed by atoms with Gasteiger partial charge in [0.05, 0.1) is 0 Å². The molecule has 2 heteroatoms. The van der Waals surface area contributed by atoms with Gasteiger partial charge < -0.3 is 0 Å². The van der Waals surface area contributed by atoms with Crippen molar-refractivity contribution in [1.82, 2.24) is 0 Å². The van der Waals surface area contributed by atoms with Crippen molar-refractivity contribution in [2.24, 2.45) is 4.99 Å². The SMILES string of the molecule is CC=NC(=O)c1ccc2c(ccc3ccccc32)c1. The second kappa shape index (κ2) is 4.65. The van der Waals surface area contributed by atoms with Gasteiger partial charge in [-0.3, -0.25) is 4.79 Å². The minimum Gasteiger partial charge on any atom is -0.267 e. The number of fused-ring (bicyclic) bond motifs is 3. The van der Waals surface area contributed by atoms with Crippen molar-refractivity contribution in [3.8, 4) is 0 Å². The van der Waals surface area contributed by atoms with Crippen molar-refractivity contribution in [3.05, 3.63) is 60.2 Å². The molecule has 0 fully saturated rings. The predicted molar refractivity (Wildman–Crippen MR) is 80.0 cm³/mol. The van der Waals surface area contributed by atoms with Crippen LogP contribution in [0.15, 0.2) is 59.6 Å². The van der Waals surface area contributed by atoms with Crippen LogP contribution in [-0.4, -0.2) is 12.1 Å². The van der Waals surface area contributed by atoms with Crippen LogP contribution in [0.3, 0.4) is 0 Å². The molecule has 3 aromatic rings. The van der Waals surface area contributed by atoms with Crippen molar-refractivity contribution < 1.29 is 4.79 Å². The summed E-state index contributed by atoms with van der Waals surface area (Å²) in [5.74, 6) is -0.197. The molecule has 0 radical (unpaired) electrons. The van der Waals surface area contributed by atoms with Gasteiger partial charge in [-0.25, -0.2) is 4.99 Å². The lowest BCUT2D eigenvalue weighted by Gasteiger charge is -2.05. The van der Waals surface area contributed by atoms with Crippen molar-refractivity contribution in [3.63, 3.8) is 0 Å². The highest BCUT2D eigenvalue weighted by atomic mass is 16.1. The zero-order valence-corrected chi connectivity index (χ0v) is 10.6. The molecule has 0 N–H and O–H groups in total. The molecule has 0 spiro atoms. The minimum absolute atomic E-state index is 0.197. The van der Waals surface area contributed by atoms with Crippen LogP contribution < -0.4 is 0 Å². The summed E-state index contributed by atoms with van der Waals surface area (Å²) >= 11 is 0. The maximum atomic E-state index is 11.8. The van der Waals surface area contributed by atoms with Crippen molar-refractivity contribution in [2.45, 2.75) is 6.92 Å². The van der Waals surface area contributed by atoms with E-state index < -0.39 is 0 Å². The van der Waals surface area contributed by atoms with Gasteiger partial charge in [-0.2, -0.15) is 0 Å². The second-order valence-corrected chi connectivity index (χ2v) is 4.42.